The molecule has 0 aliphatic heterocycles. The quantitative estimate of drug-likeness (QED) is 0.907. The summed E-state index contributed by atoms with van der Waals surface area (Å²) in [6.07, 6.45) is 12.2. The molecule has 0 spiro atoms. The largest absolute Gasteiger partial charge is 0.357 e. The van der Waals surface area contributed by atoms with Gasteiger partial charge in [-0.15, -0.1) is 0 Å². The predicted molar refractivity (Wildman–Crippen MR) is 92.3 cm³/mol. The Balaban J connectivity index is 1.32. The van der Waals surface area contributed by atoms with E-state index in [1.54, 1.807) is 6.20 Å². The van der Waals surface area contributed by atoms with E-state index < -0.39 is 0 Å². The van der Waals surface area contributed by atoms with Gasteiger partial charge in [-0.2, -0.15) is 0 Å². The molecule has 0 atom stereocenters. The van der Waals surface area contributed by atoms with Crippen molar-refractivity contribution in [1.29, 1.82) is 0 Å². The molecule has 0 saturated heterocycles. The van der Waals surface area contributed by atoms with Gasteiger partial charge in [0.15, 0.2) is 0 Å². The molecule has 2 aromatic rings. The Morgan fingerprint density at radius 3 is 2.50 bits per heavy atom. The maximum absolute atomic E-state index is 12.7. The van der Waals surface area contributed by atoms with E-state index in [0.717, 1.165) is 23.0 Å². The number of hydrogen-bond donors (Lipinski definition) is 2. The molecule has 0 aromatic carbocycles. The topological polar surface area (TPSA) is 57.8 Å². The van der Waals surface area contributed by atoms with E-state index in [0.29, 0.717) is 23.6 Å². The molecule has 4 heteroatoms. The third kappa shape index (κ3) is 2.36. The van der Waals surface area contributed by atoms with Crippen molar-refractivity contribution in [3.05, 3.63) is 42.5 Å². The third-order valence-corrected chi connectivity index (χ3v) is 6.45. The average molecular weight is 321 g/mol. The van der Waals surface area contributed by atoms with Crippen LogP contribution in [0.3, 0.4) is 0 Å². The zero-order chi connectivity index (χ0) is 16.1. The second-order valence-corrected chi connectivity index (χ2v) is 7.97. The molecule has 4 fully saturated rings. The Labute approximate surface area is 142 Å². The van der Waals surface area contributed by atoms with Gasteiger partial charge in [0.1, 0.15) is 5.69 Å². The lowest BCUT2D eigenvalue weighted by atomic mass is 9.54. The minimum atomic E-state index is 0.0441. The highest BCUT2D eigenvalue weighted by Crippen LogP contribution is 2.53. The highest BCUT2D eigenvalue weighted by Gasteiger charge is 2.48. The van der Waals surface area contributed by atoms with Gasteiger partial charge >= 0.3 is 0 Å². The van der Waals surface area contributed by atoms with Crippen molar-refractivity contribution in [3.63, 3.8) is 0 Å². The van der Waals surface area contributed by atoms with Crippen molar-refractivity contribution in [2.75, 3.05) is 0 Å². The fraction of sp³-hybridized carbons (Fsp3) is 0.500. The zero-order valence-electron chi connectivity index (χ0n) is 13.7. The van der Waals surface area contributed by atoms with E-state index in [9.17, 15) is 4.79 Å². The number of amides is 1. The standard InChI is InChI=1S/C20H23N3O/c24-20(18-9-17(11-22-18)14-2-1-3-21-10-14)23-19-15-5-12-4-13(7-15)8-16(19)6-12/h1-3,9-13,15-16,19,22H,4-8H2,(H,23,24). The summed E-state index contributed by atoms with van der Waals surface area (Å²) in [5, 5.41) is 3.36. The summed E-state index contributed by atoms with van der Waals surface area (Å²) in [6.45, 7) is 0. The van der Waals surface area contributed by atoms with Crippen LogP contribution in [0.5, 0.6) is 0 Å². The van der Waals surface area contributed by atoms with Crippen molar-refractivity contribution in [1.82, 2.24) is 15.3 Å². The number of carbonyl (C=O) groups excluding carboxylic acids is 1. The van der Waals surface area contributed by atoms with Crippen LogP contribution in [0, 0.1) is 23.7 Å². The van der Waals surface area contributed by atoms with Crippen LogP contribution in [0.2, 0.25) is 0 Å². The molecule has 4 aliphatic carbocycles. The molecule has 4 saturated carbocycles. The second kappa shape index (κ2) is 5.47. The van der Waals surface area contributed by atoms with Gasteiger partial charge in [0.25, 0.3) is 5.91 Å². The molecule has 0 radical (unpaired) electrons. The lowest BCUT2D eigenvalue weighted by Crippen LogP contribution is -2.55. The summed E-state index contributed by atoms with van der Waals surface area (Å²) < 4.78 is 0. The number of rotatable bonds is 3. The van der Waals surface area contributed by atoms with Crippen molar-refractivity contribution in [3.8, 4) is 11.1 Å². The Hall–Kier alpha value is -2.10. The van der Waals surface area contributed by atoms with Gasteiger partial charge in [0, 0.05) is 35.8 Å². The van der Waals surface area contributed by atoms with Crippen LogP contribution in [-0.4, -0.2) is 21.9 Å². The molecule has 124 valence electrons. The monoisotopic (exact) mass is 321 g/mol. The summed E-state index contributed by atoms with van der Waals surface area (Å²) >= 11 is 0. The van der Waals surface area contributed by atoms with Crippen LogP contribution < -0.4 is 5.32 Å². The Bertz CT molecular complexity index is 723. The average Bonchev–Trinajstić information content (AvgIpc) is 3.08. The van der Waals surface area contributed by atoms with Gasteiger partial charge in [-0.05, 0) is 67.9 Å². The number of nitrogens with zero attached hydrogens (tertiary/aromatic N) is 1. The number of pyridine rings is 1. The summed E-state index contributed by atoms with van der Waals surface area (Å²) in [6, 6.07) is 6.24. The molecule has 4 bridgehead atoms. The van der Waals surface area contributed by atoms with Gasteiger partial charge in [0.2, 0.25) is 0 Å². The number of nitrogens with one attached hydrogen (secondary N) is 2. The first-order chi connectivity index (χ1) is 11.8. The molecule has 2 heterocycles. The molecule has 6 rings (SSSR count). The third-order valence-electron chi connectivity index (χ3n) is 6.45. The van der Waals surface area contributed by atoms with E-state index in [4.69, 9.17) is 0 Å². The minimum Gasteiger partial charge on any atom is -0.357 e. The summed E-state index contributed by atoms with van der Waals surface area (Å²) in [7, 11) is 0. The molecule has 0 unspecified atom stereocenters. The number of carbonyl (C=O) groups is 1. The molecular formula is C20H23N3O. The first kappa shape index (κ1) is 14.3. The second-order valence-electron chi connectivity index (χ2n) is 7.97. The van der Waals surface area contributed by atoms with Gasteiger partial charge in [0.05, 0.1) is 0 Å². The maximum atomic E-state index is 12.7. The van der Waals surface area contributed by atoms with Gasteiger partial charge in [-0.3, -0.25) is 9.78 Å². The van der Waals surface area contributed by atoms with E-state index in [1.807, 2.05) is 30.6 Å². The molecule has 4 aliphatic rings. The first-order valence-corrected chi connectivity index (χ1v) is 9.16. The van der Waals surface area contributed by atoms with Crippen LogP contribution in [-0.2, 0) is 0 Å². The van der Waals surface area contributed by atoms with Crippen molar-refractivity contribution in [2.24, 2.45) is 23.7 Å². The maximum Gasteiger partial charge on any atom is 0.267 e. The molecule has 24 heavy (non-hydrogen) atoms. The fourth-order valence-electron chi connectivity index (χ4n) is 5.62. The highest BCUT2D eigenvalue weighted by atomic mass is 16.1. The van der Waals surface area contributed by atoms with Gasteiger partial charge in [-0.25, -0.2) is 0 Å². The lowest BCUT2D eigenvalue weighted by molar-refractivity contribution is -0.0120. The van der Waals surface area contributed by atoms with Crippen LogP contribution in [0.4, 0.5) is 0 Å². The molecule has 1 amide bonds. The predicted octanol–water partition coefficient (Wildman–Crippen LogP) is 3.63. The van der Waals surface area contributed by atoms with Crippen molar-refractivity contribution < 1.29 is 4.79 Å². The number of hydrogen-bond acceptors (Lipinski definition) is 2. The number of H-pyrrole nitrogens is 1. The highest BCUT2D eigenvalue weighted by molar-refractivity contribution is 5.94. The van der Waals surface area contributed by atoms with Crippen LogP contribution in [0.25, 0.3) is 11.1 Å². The van der Waals surface area contributed by atoms with Crippen LogP contribution in [0.1, 0.15) is 42.6 Å². The Kier molecular flexibility index (Phi) is 3.25. The fourth-order valence-corrected chi connectivity index (χ4v) is 5.62. The minimum absolute atomic E-state index is 0.0441. The van der Waals surface area contributed by atoms with Gasteiger partial charge in [-0.1, -0.05) is 6.07 Å². The first-order valence-electron chi connectivity index (χ1n) is 9.16. The normalized spacial score (nSPS) is 33.6. The van der Waals surface area contributed by atoms with Gasteiger partial charge < -0.3 is 10.3 Å². The SMILES string of the molecule is O=C(NC1C2CC3CC(C2)CC1C3)c1cc(-c2cccnc2)c[nH]1. The number of aromatic nitrogens is 2. The van der Waals surface area contributed by atoms with Crippen molar-refractivity contribution in [2.45, 2.75) is 38.1 Å². The van der Waals surface area contributed by atoms with E-state index >= 15 is 0 Å². The zero-order valence-corrected chi connectivity index (χ0v) is 13.7. The van der Waals surface area contributed by atoms with Crippen LogP contribution in [0.15, 0.2) is 36.8 Å². The molecule has 2 aromatic heterocycles. The van der Waals surface area contributed by atoms with Crippen molar-refractivity contribution >= 4 is 5.91 Å². The Morgan fingerprint density at radius 2 is 1.83 bits per heavy atom. The molecule has 4 nitrogen and oxygen atoms in total. The Morgan fingerprint density at radius 1 is 1.08 bits per heavy atom. The lowest BCUT2D eigenvalue weighted by Gasteiger charge is -2.54. The number of aromatic amines is 1. The summed E-state index contributed by atoms with van der Waals surface area (Å²) in [5.41, 5.74) is 2.70. The van der Waals surface area contributed by atoms with E-state index in [1.165, 1.54) is 32.1 Å². The van der Waals surface area contributed by atoms with E-state index in [-0.39, 0.29) is 5.91 Å². The summed E-state index contributed by atoms with van der Waals surface area (Å²) in [5.74, 6) is 3.32. The summed E-state index contributed by atoms with van der Waals surface area (Å²) in [4.78, 5) is 20.0. The smallest absolute Gasteiger partial charge is 0.267 e. The van der Waals surface area contributed by atoms with E-state index in [2.05, 4.69) is 15.3 Å². The molecule has 2 N–H and O–H groups in total. The van der Waals surface area contributed by atoms with Crippen LogP contribution >= 0.6 is 0 Å². The molecular weight excluding hydrogens is 298 g/mol.